The number of carboxylic acids is 1. The molecule has 0 bridgehead atoms. The molecule has 6 nitrogen and oxygen atoms in total. The van der Waals surface area contributed by atoms with Gasteiger partial charge in [-0.25, -0.2) is 0 Å². The van der Waals surface area contributed by atoms with Crippen molar-refractivity contribution in [1.82, 2.24) is 9.80 Å². The van der Waals surface area contributed by atoms with E-state index < -0.39 is 5.97 Å². The van der Waals surface area contributed by atoms with Gasteiger partial charge in [0.15, 0.2) is 0 Å². The van der Waals surface area contributed by atoms with E-state index in [1.54, 1.807) is 11.0 Å². The standard InChI is InChI=1S/C14H17ClN2O4/c15-10-1-2-11(12(18)9-10)14(21)17-7-5-16(6-8-17)4-3-13(19)20/h1-2,9,18H,3-8H2,(H,19,20). The van der Waals surface area contributed by atoms with Gasteiger partial charge in [-0.05, 0) is 18.2 Å². The van der Waals surface area contributed by atoms with Gasteiger partial charge < -0.3 is 15.1 Å². The number of phenolic OH excluding ortho intramolecular Hbond substituents is 1. The van der Waals surface area contributed by atoms with Crippen LogP contribution in [0.3, 0.4) is 0 Å². The predicted molar refractivity (Wildman–Crippen MR) is 77.7 cm³/mol. The lowest BCUT2D eigenvalue weighted by atomic mass is 10.1. The SMILES string of the molecule is O=C(O)CCN1CCN(C(=O)c2ccc(Cl)cc2O)CC1. The molecule has 7 heteroatoms. The maximum Gasteiger partial charge on any atom is 0.304 e. The van der Waals surface area contributed by atoms with Crippen molar-refractivity contribution in [3.63, 3.8) is 0 Å². The molecule has 1 aromatic rings. The number of rotatable bonds is 4. The lowest BCUT2D eigenvalue weighted by Gasteiger charge is -2.34. The number of carbonyl (C=O) groups is 2. The summed E-state index contributed by atoms with van der Waals surface area (Å²) in [6.07, 6.45) is 0.103. The van der Waals surface area contributed by atoms with E-state index in [-0.39, 0.29) is 23.6 Å². The van der Waals surface area contributed by atoms with Crippen molar-refractivity contribution in [3.05, 3.63) is 28.8 Å². The third-order valence-corrected chi connectivity index (χ3v) is 3.73. The minimum Gasteiger partial charge on any atom is -0.507 e. The van der Waals surface area contributed by atoms with Crippen LogP contribution in [0.4, 0.5) is 0 Å². The van der Waals surface area contributed by atoms with E-state index in [0.717, 1.165) is 0 Å². The van der Waals surface area contributed by atoms with Crippen molar-refractivity contribution < 1.29 is 19.8 Å². The summed E-state index contributed by atoms with van der Waals surface area (Å²) in [6, 6.07) is 4.42. The summed E-state index contributed by atoms with van der Waals surface area (Å²) in [7, 11) is 0. The van der Waals surface area contributed by atoms with E-state index in [4.69, 9.17) is 16.7 Å². The number of carbonyl (C=O) groups excluding carboxylic acids is 1. The van der Waals surface area contributed by atoms with E-state index in [0.29, 0.717) is 37.7 Å². The minimum absolute atomic E-state index is 0.103. The van der Waals surface area contributed by atoms with Gasteiger partial charge in [-0.15, -0.1) is 0 Å². The van der Waals surface area contributed by atoms with Gasteiger partial charge in [-0.1, -0.05) is 11.6 Å². The number of phenols is 1. The number of nitrogens with zero attached hydrogens (tertiary/aromatic N) is 2. The molecule has 1 saturated heterocycles. The second-order valence-electron chi connectivity index (χ2n) is 4.94. The van der Waals surface area contributed by atoms with Crippen molar-refractivity contribution in [2.45, 2.75) is 6.42 Å². The van der Waals surface area contributed by atoms with Crippen molar-refractivity contribution in [2.75, 3.05) is 32.7 Å². The molecular formula is C14H17ClN2O4. The van der Waals surface area contributed by atoms with Gasteiger partial charge in [0.05, 0.1) is 12.0 Å². The number of hydrogen-bond donors (Lipinski definition) is 2. The second-order valence-corrected chi connectivity index (χ2v) is 5.38. The highest BCUT2D eigenvalue weighted by Gasteiger charge is 2.24. The fraction of sp³-hybridized carbons (Fsp3) is 0.429. The third-order valence-electron chi connectivity index (χ3n) is 3.49. The van der Waals surface area contributed by atoms with Crippen LogP contribution in [0.1, 0.15) is 16.8 Å². The fourth-order valence-corrected chi connectivity index (χ4v) is 2.45. The number of carboxylic acid groups (broad SMARTS) is 1. The van der Waals surface area contributed by atoms with Gasteiger partial charge >= 0.3 is 5.97 Å². The molecular weight excluding hydrogens is 296 g/mol. The van der Waals surface area contributed by atoms with Crippen molar-refractivity contribution in [1.29, 1.82) is 0 Å². The number of piperazine rings is 1. The van der Waals surface area contributed by atoms with Crippen LogP contribution in [-0.2, 0) is 4.79 Å². The van der Waals surface area contributed by atoms with Crippen molar-refractivity contribution in [3.8, 4) is 5.75 Å². The lowest BCUT2D eigenvalue weighted by molar-refractivity contribution is -0.137. The number of halogens is 1. The Kier molecular flexibility index (Phi) is 5.03. The Labute approximate surface area is 127 Å². The number of amides is 1. The molecule has 0 spiro atoms. The first kappa shape index (κ1) is 15.6. The Morgan fingerprint density at radius 1 is 1.19 bits per heavy atom. The van der Waals surface area contributed by atoms with Crippen LogP contribution < -0.4 is 0 Å². The zero-order valence-electron chi connectivity index (χ0n) is 11.5. The molecule has 0 atom stereocenters. The molecule has 2 rings (SSSR count). The summed E-state index contributed by atoms with van der Waals surface area (Å²) in [5.74, 6) is -1.18. The fourth-order valence-electron chi connectivity index (χ4n) is 2.28. The Bertz CT molecular complexity index is 542. The number of hydrogen-bond acceptors (Lipinski definition) is 4. The quantitative estimate of drug-likeness (QED) is 0.875. The Morgan fingerprint density at radius 3 is 2.43 bits per heavy atom. The van der Waals surface area contributed by atoms with Crippen LogP contribution in [0.2, 0.25) is 5.02 Å². The average Bonchev–Trinajstić information content (AvgIpc) is 2.45. The van der Waals surface area contributed by atoms with E-state index in [2.05, 4.69) is 0 Å². The first-order valence-electron chi connectivity index (χ1n) is 6.69. The molecule has 0 unspecified atom stereocenters. The first-order chi connectivity index (χ1) is 9.97. The maximum absolute atomic E-state index is 12.3. The average molecular weight is 313 g/mol. The zero-order chi connectivity index (χ0) is 15.4. The van der Waals surface area contributed by atoms with Crippen molar-refractivity contribution >= 4 is 23.5 Å². The van der Waals surface area contributed by atoms with Crippen molar-refractivity contribution in [2.24, 2.45) is 0 Å². The van der Waals surface area contributed by atoms with Gasteiger partial charge in [-0.3, -0.25) is 14.5 Å². The van der Waals surface area contributed by atoms with E-state index in [1.807, 2.05) is 4.90 Å². The van der Waals surface area contributed by atoms with Gasteiger partial charge in [0.1, 0.15) is 5.75 Å². The van der Waals surface area contributed by atoms with E-state index >= 15 is 0 Å². The van der Waals surface area contributed by atoms with Gasteiger partial charge in [0.25, 0.3) is 5.91 Å². The summed E-state index contributed by atoms with van der Waals surface area (Å²) in [4.78, 5) is 26.5. The smallest absolute Gasteiger partial charge is 0.304 e. The highest BCUT2D eigenvalue weighted by atomic mass is 35.5. The normalized spacial score (nSPS) is 16.0. The summed E-state index contributed by atoms with van der Waals surface area (Å²) >= 11 is 5.75. The van der Waals surface area contributed by atoms with Crippen LogP contribution in [-0.4, -0.2) is 64.6 Å². The second kappa shape index (κ2) is 6.78. The molecule has 2 N–H and O–H groups in total. The van der Waals surface area contributed by atoms with E-state index in [9.17, 15) is 14.7 Å². The summed E-state index contributed by atoms with van der Waals surface area (Å²) in [5.41, 5.74) is 0.235. The van der Waals surface area contributed by atoms with Gasteiger partial charge in [0.2, 0.25) is 0 Å². The highest BCUT2D eigenvalue weighted by molar-refractivity contribution is 6.30. The molecule has 0 saturated carbocycles. The molecule has 1 aliphatic heterocycles. The summed E-state index contributed by atoms with van der Waals surface area (Å²) in [5, 5.41) is 18.8. The number of benzene rings is 1. The highest BCUT2D eigenvalue weighted by Crippen LogP contribution is 2.23. The third kappa shape index (κ3) is 4.09. The predicted octanol–water partition coefficient (Wildman–Crippen LogP) is 1.28. The van der Waals surface area contributed by atoms with Crippen LogP contribution >= 0.6 is 11.6 Å². The van der Waals surface area contributed by atoms with Crippen LogP contribution in [0.5, 0.6) is 5.75 Å². The van der Waals surface area contributed by atoms with E-state index in [1.165, 1.54) is 12.1 Å². The Morgan fingerprint density at radius 2 is 1.86 bits per heavy atom. The molecule has 21 heavy (non-hydrogen) atoms. The molecule has 0 aliphatic carbocycles. The number of aromatic hydroxyl groups is 1. The number of aliphatic carboxylic acids is 1. The van der Waals surface area contributed by atoms with Crippen LogP contribution in [0, 0.1) is 0 Å². The first-order valence-corrected chi connectivity index (χ1v) is 7.07. The molecule has 0 radical (unpaired) electrons. The monoisotopic (exact) mass is 312 g/mol. The minimum atomic E-state index is -0.820. The molecule has 1 amide bonds. The lowest BCUT2D eigenvalue weighted by Crippen LogP contribution is -2.49. The molecule has 1 aromatic carbocycles. The topological polar surface area (TPSA) is 81.1 Å². The molecule has 114 valence electrons. The molecule has 1 heterocycles. The molecule has 1 aliphatic rings. The van der Waals surface area contributed by atoms with Crippen LogP contribution in [0.15, 0.2) is 18.2 Å². The maximum atomic E-state index is 12.3. The Balaban J connectivity index is 1.92. The van der Waals surface area contributed by atoms with Crippen LogP contribution in [0.25, 0.3) is 0 Å². The molecule has 0 aromatic heterocycles. The van der Waals surface area contributed by atoms with Gasteiger partial charge in [0, 0.05) is 37.7 Å². The zero-order valence-corrected chi connectivity index (χ0v) is 12.2. The summed E-state index contributed by atoms with van der Waals surface area (Å²) < 4.78 is 0. The Hall–Kier alpha value is -1.79. The van der Waals surface area contributed by atoms with Gasteiger partial charge in [-0.2, -0.15) is 0 Å². The molecule has 1 fully saturated rings. The summed E-state index contributed by atoms with van der Waals surface area (Å²) in [6.45, 7) is 2.78. The largest absolute Gasteiger partial charge is 0.507 e.